The van der Waals surface area contributed by atoms with Crippen LogP contribution in [0.3, 0.4) is 0 Å². The zero-order chi connectivity index (χ0) is 20.3. The summed E-state index contributed by atoms with van der Waals surface area (Å²) in [4.78, 5) is 29.1. The van der Waals surface area contributed by atoms with Gasteiger partial charge in [-0.15, -0.1) is 0 Å². The molecule has 3 rings (SSSR count). The highest BCUT2D eigenvalue weighted by molar-refractivity contribution is 6.35. The molecule has 0 atom stereocenters. The maximum Gasteiger partial charge on any atom is 0.330 e. The molecule has 0 unspecified atom stereocenters. The number of halogens is 2. The predicted octanol–water partition coefficient (Wildman–Crippen LogP) is 3.50. The fraction of sp³-hybridized carbons (Fsp3) is 0.200. The first-order chi connectivity index (χ1) is 13.4. The predicted molar refractivity (Wildman–Crippen MR) is 114 cm³/mol. The maximum absolute atomic E-state index is 12.6. The summed E-state index contributed by atoms with van der Waals surface area (Å²) in [7, 11) is 0. The lowest BCUT2D eigenvalue weighted by molar-refractivity contribution is 0.718. The van der Waals surface area contributed by atoms with Gasteiger partial charge in [0.05, 0.1) is 6.54 Å². The number of nitrogen functional groups attached to an aromatic ring is 1. The molecule has 0 aliphatic rings. The summed E-state index contributed by atoms with van der Waals surface area (Å²) in [6.45, 7) is 3.00. The number of benzene rings is 2. The molecule has 0 spiro atoms. The van der Waals surface area contributed by atoms with Crippen LogP contribution in [0.5, 0.6) is 0 Å². The Kier molecular flexibility index (Phi) is 6.11. The molecule has 0 saturated heterocycles. The molecule has 0 fully saturated rings. The number of rotatable bonds is 6. The van der Waals surface area contributed by atoms with Crippen LogP contribution in [0.4, 0.5) is 11.5 Å². The van der Waals surface area contributed by atoms with E-state index in [9.17, 15) is 9.59 Å². The van der Waals surface area contributed by atoms with Gasteiger partial charge in [0, 0.05) is 23.1 Å². The summed E-state index contributed by atoms with van der Waals surface area (Å²) in [6, 6.07) is 14.6. The zero-order valence-electron chi connectivity index (χ0n) is 15.3. The van der Waals surface area contributed by atoms with Gasteiger partial charge in [-0.3, -0.25) is 14.3 Å². The van der Waals surface area contributed by atoms with Crippen LogP contribution in [0.2, 0.25) is 10.0 Å². The molecule has 6 nitrogen and oxygen atoms in total. The van der Waals surface area contributed by atoms with Crippen LogP contribution in [0.15, 0.2) is 58.1 Å². The van der Waals surface area contributed by atoms with Gasteiger partial charge < -0.3 is 10.6 Å². The number of H-pyrrole nitrogens is 1. The summed E-state index contributed by atoms with van der Waals surface area (Å²) in [5.74, 6) is 0.115. The van der Waals surface area contributed by atoms with E-state index < -0.39 is 11.2 Å². The summed E-state index contributed by atoms with van der Waals surface area (Å²) in [5, 5.41) is 1.03. The van der Waals surface area contributed by atoms with Crippen molar-refractivity contribution in [2.24, 2.45) is 0 Å². The largest absolute Gasteiger partial charge is 0.383 e. The van der Waals surface area contributed by atoms with Crippen LogP contribution in [-0.2, 0) is 13.1 Å². The molecule has 1 aromatic heterocycles. The average molecular weight is 419 g/mol. The second kappa shape index (κ2) is 8.54. The Hall–Kier alpha value is -2.70. The number of aromatic amines is 1. The van der Waals surface area contributed by atoms with E-state index in [-0.39, 0.29) is 18.1 Å². The van der Waals surface area contributed by atoms with E-state index in [1.807, 2.05) is 37.3 Å². The molecular weight excluding hydrogens is 399 g/mol. The SMILES string of the molecule is CCN(Cc1ccc(Cl)cc1Cl)c1c(N)n(Cc2ccccc2)c(=O)[nH]c1=O. The minimum Gasteiger partial charge on any atom is -0.383 e. The van der Waals surface area contributed by atoms with E-state index >= 15 is 0 Å². The van der Waals surface area contributed by atoms with Gasteiger partial charge in [-0.2, -0.15) is 0 Å². The van der Waals surface area contributed by atoms with E-state index in [1.165, 1.54) is 4.57 Å². The summed E-state index contributed by atoms with van der Waals surface area (Å²) >= 11 is 12.2. The smallest absolute Gasteiger partial charge is 0.330 e. The summed E-state index contributed by atoms with van der Waals surface area (Å²) in [6.07, 6.45) is 0. The van der Waals surface area contributed by atoms with Crippen molar-refractivity contribution >= 4 is 34.7 Å². The molecule has 8 heteroatoms. The van der Waals surface area contributed by atoms with Crippen molar-refractivity contribution in [2.75, 3.05) is 17.2 Å². The van der Waals surface area contributed by atoms with Crippen molar-refractivity contribution in [3.8, 4) is 0 Å². The van der Waals surface area contributed by atoms with Gasteiger partial charge in [0.15, 0.2) is 0 Å². The van der Waals surface area contributed by atoms with Gasteiger partial charge in [-0.05, 0) is 30.2 Å². The number of nitrogens with two attached hydrogens (primary N) is 1. The minimum atomic E-state index is -0.546. The van der Waals surface area contributed by atoms with Gasteiger partial charge in [-0.1, -0.05) is 59.6 Å². The number of anilines is 2. The molecule has 0 aliphatic carbocycles. The summed E-state index contributed by atoms with van der Waals surface area (Å²) in [5.41, 5.74) is 7.14. The van der Waals surface area contributed by atoms with Gasteiger partial charge in [0.2, 0.25) is 0 Å². The van der Waals surface area contributed by atoms with Crippen molar-refractivity contribution in [1.29, 1.82) is 0 Å². The first kappa shape index (κ1) is 20.0. The Morgan fingerprint density at radius 3 is 2.46 bits per heavy atom. The molecule has 0 saturated carbocycles. The third kappa shape index (κ3) is 4.24. The Bertz CT molecular complexity index is 1090. The molecule has 146 valence electrons. The topological polar surface area (TPSA) is 84.1 Å². The third-order valence-electron chi connectivity index (χ3n) is 4.47. The number of nitrogens with one attached hydrogen (secondary N) is 1. The first-order valence-corrected chi connectivity index (χ1v) is 9.51. The van der Waals surface area contributed by atoms with Crippen molar-refractivity contribution < 1.29 is 0 Å². The number of hydrogen-bond donors (Lipinski definition) is 2. The van der Waals surface area contributed by atoms with Gasteiger partial charge in [0.25, 0.3) is 5.56 Å². The van der Waals surface area contributed by atoms with Crippen LogP contribution in [0.1, 0.15) is 18.1 Å². The second-order valence-corrected chi connectivity index (χ2v) is 7.16. The lowest BCUT2D eigenvalue weighted by Gasteiger charge is -2.25. The van der Waals surface area contributed by atoms with Crippen LogP contribution in [0.25, 0.3) is 0 Å². The van der Waals surface area contributed by atoms with Crippen molar-refractivity contribution in [3.05, 3.63) is 90.5 Å². The van der Waals surface area contributed by atoms with Crippen molar-refractivity contribution in [3.63, 3.8) is 0 Å². The molecule has 0 bridgehead atoms. The molecular formula is C20H20Cl2N4O2. The molecule has 2 aromatic carbocycles. The highest BCUT2D eigenvalue weighted by atomic mass is 35.5. The van der Waals surface area contributed by atoms with Crippen LogP contribution in [-0.4, -0.2) is 16.1 Å². The lowest BCUT2D eigenvalue weighted by atomic mass is 10.2. The number of nitrogens with zero attached hydrogens (tertiary/aromatic N) is 2. The quantitative estimate of drug-likeness (QED) is 0.641. The minimum absolute atomic E-state index is 0.115. The van der Waals surface area contributed by atoms with Gasteiger partial charge in [0.1, 0.15) is 11.5 Å². The highest BCUT2D eigenvalue weighted by Crippen LogP contribution is 2.25. The molecule has 0 aliphatic heterocycles. The zero-order valence-corrected chi connectivity index (χ0v) is 16.8. The number of aromatic nitrogens is 2. The van der Waals surface area contributed by atoms with E-state index in [1.54, 1.807) is 23.1 Å². The molecule has 3 aromatic rings. The van der Waals surface area contributed by atoms with Crippen molar-refractivity contribution in [1.82, 2.24) is 9.55 Å². The Morgan fingerprint density at radius 1 is 1.11 bits per heavy atom. The normalized spacial score (nSPS) is 10.8. The van der Waals surface area contributed by atoms with E-state index in [0.29, 0.717) is 23.1 Å². The average Bonchev–Trinajstić information content (AvgIpc) is 2.66. The van der Waals surface area contributed by atoms with E-state index in [2.05, 4.69) is 4.98 Å². The number of hydrogen-bond acceptors (Lipinski definition) is 4. The third-order valence-corrected chi connectivity index (χ3v) is 5.06. The molecule has 0 amide bonds. The van der Waals surface area contributed by atoms with Crippen LogP contribution in [0, 0.1) is 0 Å². The monoisotopic (exact) mass is 418 g/mol. The Balaban J connectivity index is 2.02. The van der Waals surface area contributed by atoms with Gasteiger partial charge >= 0.3 is 5.69 Å². The Morgan fingerprint density at radius 2 is 1.82 bits per heavy atom. The highest BCUT2D eigenvalue weighted by Gasteiger charge is 2.19. The first-order valence-electron chi connectivity index (χ1n) is 8.76. The maximum atomic E-state index is 12.6. The van der Waals surface area contributed by atoms with Crippen molar-refractivity contribution in [2.45, 2.75) is 20.0 Å². The standard InChI is InChI=1S/C20H20Cl2N4O2/c1-2-25(12-14-8-9-15(21)10-16(14)22)17-18(23)26(20(28)24-19(17)27)11-13-6-4-3-5-7-13/h3-10H,2,11-12,23H2,1H3,(H,24,27,28). The molecule has 0 radical (unpaired) electrons. The molecule has 1 heterocycles. The fourth-order valence-corrected chi connectivity index (χ4v) is 3.48. The fourth-order valence-electron chi connectivity index (χ4n) is 3.01. The van der Waals surface area contributed by atoms with E-state index in [4.69, 9.17) is 28.9 Å². The molecule has 28 heavy (non-hydrogen) atoms. The van der Waals surface area contributed by atoms with Gasteiger partial charge in [-0.25, -0.2) is 4.79 Å². The summed E-state index contributed by atoms with van der Waals surface area (Å²) < 4.78 is 1.36. The van der Waals surface area contributed by atoms with Crippen LogP contribution < -0.4 is 21.9 Å². The molecule has 3 N–H and O–H groups in total. The van der Waals surface area contributed by atoms with E-state index in [0.717, 1.165) is 11.1 Å². The lowest BCUT2D eigenvalue weighted by Crippen LogP contribution is -2.38. The Labute approximate surface area is 172 Å². The second-order valence-electron chi connectivity index (χ2n) is 6.31. The van der Waals surface area contributed by atoms with Crippen LogP contribution >= 0.6 is 23.2 Å².